The molecule has 14 heavy (non-hydrogen) atoms. The highest BCUT2D eigenvalue weighted by Crippen LogP contribution is 2.25. The maximum absolute atomic E-state index is 11.1. The summed E-state index contributed by atoms with van der Waals surface area (Å²) in [5, 5.41) is 3.26. The molecule has 1 amide bonds. The number of anilines is 1. The van der Waals surface area contributed by atoms with Gasteiger partial charge in [-0.15, -0.1) is 0 Å². The molecule has 0 spiro atoms. The Bertz CT molecular complexity index is 344. The van der Waals surface area contributed by atoms with Crippen LogP contribution in [-0.2, 0) is 9.53 Å². The van der Waals surface area contributed by atoms with Crippen LogP contribution in [0.15, 0.2) is 22.7 Å². The molecule has 0 aliphatic heterocycles. The number of amides is 1. The summed E-state index contributed by atoms with van der Waals surface area (Å²) in [6, 6.07) is 5.16. The van der Waals surface area contributed by atoms with E-state index >= 15 is 0 Å². The van der Waals surface area contributed by atoms with Crippen LogP contribution in [0, 0.1) is 0 Å². The minimum Gasteiger partial charge on any atom is -0.375 e. The van der Waals surface area contributed by atoms with Crippen molar-refractivity contribution in [3.63, 3.8) is 0 Å². The third kappa shape index (κ3) is 3.29. The molecule has 0 heterocycles. The zero-order valence-electron chi connectivity index (χ0n) is 7.51. The quantitative estimate of drug-likeness (QED) is 0.923. The average molecular weight is 279 g/mol. The van der Waals surface area contributed by atoms with Crippen LogP contribution in [0.5, 0.6) is 0 Å². The van der Waals surface area contributed by atoms with Crippen LogP contribution in [-0.4, -0.2) is 19.6 Å². The Labute approximate surface area is 95.5 Å². The van der Waals surface area contributed by atoms with Gasteiger partial charge in [-0.2, -0.15) is 0 Å². The number of halogens is 2. The van der Waals surface area contributed by atoms with E-state index in [1.165, 1.54) is 7.11 Å². The predicted octanol–water partition coefficient (Wildman–Crippen LogP) is 2.69. The summed E-state index contributed by atoms with van der Waals surface area (Å²) in [5.41, 5.74) is 0.684. The first-order valence-corrected chi connectivity index (χ1v) is 5.04. The molecule has 1 aromatic rings. The molecule has 0 bridgehead atoms. The number of hydrogen-bond donors (Lipinski definition) is 1. The number of hydrogen-bond acceptors (Lipinski definition) is 2. The minimum absolute atomic E-state index is 0.0419. The molecule has 0 atom stereocenters. The van der Waals surface area contributed by atoms with Crippen molar-refractivity contribution >= 4 is 39.1 Å². The Morgan fingerprint density at radius 2 is 2.36 bits per heavy atom. The van der Waals surface area contributed by atoms with Crippen molar-refractivity contribution in [2.75, 3.05) is 19.0 Å². The SMILES string of the molecule is COCC(=O)Nc1ccc(Cl)c(Br)c1. The van der Waals surface area contributed by atoms with Crippen molar-refractivity contribution < 1.29 is 9.53 Å². The van der Waals surface area contributed by atoms with Gasteiger partial charge in [-0.1, -0.05) is 11.6 Å². The first kappa shape index (κ1) is 11.5. The lowest BCUT2D eigenvalue weighted by atomic mass is 10.3. The Hall–Kier alpha value is -0.580. The fourth-order valence-electron chi connectivity index (χ4n) is 0.902. The van der Waals surface area contributed by atoms with Crippen molar-refractivity contribution in [1.82, 2.24) is 0 Å². The Morgan fingerprint density at radius 1 is 1.64 bits per heavy atom. The molecule has 1 rings (SSSR count). The molecule has 0 fully saturated rings. The highest BCUT2D eigenvalue weighted by atomic mass is 79.9. The van der Waals surface area contributed by atoms with E-state index in [4.69, 9.17) is 11.6 Å². The third-order valence-electron chi connectivity index (χ3n) is 1.48. The van der Waals surface area contributed by atoms with E-state index in [1.54, 1.807) is 18.2 Å². The molecule has 76 valence electrons. The van der Waals surface area contributed by atoms with Gasteiger partial charge in [0.15, 0.2) is 0 Å². The maximum Gasteiger partial charge on any atom is 0.250 e. The zero-order valence-corrected chi connectivity index (χ0v) is 9.85. The monoisotopic (exact) mass is 277 g/mol. The highest BCUT2D eigenvalue weighted by Gasteiger charge is 2.03. The normalized spacial score (nSPS) is 9.93. The first-order chi connectivity index (χ1) is 6.63. The molecule has 0 unspecified atom stereocenters. The molecule has 1 aromatic carbocycles. The van der Waals surface area contributed by atoms with E-state index in [9.17, 15) is 4.79 Å². The van der Waals surface area contributed by atoms with E-state index in [2.05, 4.69) is 26.0 Å². The molecule has 0 aliphatic rings. The summed E-state index contributed by atoms with van der Waals surface area (Å²) >= 11 is 9.05. The lowest BCUT2D eigenvalue weighted by Gasteiger charge is -2.05. The zero-order chi connectivity index (χ0) is 10.6. The lowest BCUT2D eigenvalue weighted by Crippen LogP contribution is -2.16. The maximum atomic E-state index is 11.1. The van der Waals surface area contributed by atoms with Crippen LogP contribution in [0.2, 0.25) is 5.02 Å². The molecule has 0 aromatic heterocycles. The Kier molecular flexibility index (Phi) is 4.38. The number of rotatable bonds is 3. The van der Waals surface area contributed by atoms with Crippen molar-refractivity contribution in [2.24, 2.45) is 0 Å². The van der Waals surface area contributed by atoms with Crippen LogP contribution in [0.1, 0.15) is 0 Å². The van der Waals surface area contributed by atoms with E-state index in [0.717, 1.165) is 4.47 Å². The number of carbonyl (C=O) groups is 1. The van der Waals surface area contributed by atoms with Gasteiger partial charge in [-0.3, -0.25) is 4.79 Å². The van der Waals surface area contributed by atoms with Gasteiger partial charge in [-0.05, 0) is 34.1 Å². The Morgan fingerprint density at radius 3 is 2.93 bits per heavy atom. The van der Waals surface area contributed by atoms with E-state index in [-0.39, 0.29) is 12.5 Å². The van der Waals surface area contributed by atoms with Gasteiger partial charge in [0.1, 0.15) is 6.61 Å². The van der Waals surface area contributed by atoms with E-state index < -0.39 is 0 Å². The second-order valence-corrected chi connectivity index (χ2v) is 3.87. The summed E-state index contributed by atoms with van der Waals surface area (Å²) < 4.78 is 5.42. The van der Waals surface area contributed by atoms with Crippen LogP contribution in [0.4, 0.5) is 5.69 Å². The summed E-state index contributed by atoms with van der Waals surface area (Å²) in [6.45, 7) is 0.0419. The van der Waals surface area contributed by atoms with Crippen molar-refractivity contribution in [3.8, 4) is 0 Å². The molecule has 0 aliphatic carbocycles. The van der Waals surface area contributed by atoms with Gasteiger partial charge in [0.25, 0.3) is 0 Å². The van der Waals surface area contributed by atoms with Gasteiger partial charge in [0.05, 0.1) is 5.02 Å². The largest absolute Gasteiger partial charge is 0.375 e. The molecule has 0 radical (unpaired) electrons. The van der Waals surface area contributed by atoms with Crippen molar-refractivity contribution in [2.45, 2.75) is 0 Å². The smallest absolute Gasteiger partial charge is 0.250 e. The van der Waals surface area contributed by atoms with Gasteiger partial charge in [0.2, 0.25) is 5.91 Å². The topological polar surface area (TPSA) is 38.3 Å². The molecular formula is C9H9BrClNO2. The number of benzene rings is 1. The van der Waals surface area contributed by atoms with Crippen LogP contribution in [0.25, 0.3) is 0 Å². The third-order valence-corrected chi connectivity index (χ3v) is 2.69. The molecule has 0 saturated carbocycles. The fraction of sp³-hybridized carbons (Fsp3) is 0.222. The second kappa shape index (κ2) is 5.34. The molecule has 0 saturated heterocycles. The number of methoxy groups -OCH3 is 1. The summed E-state index contributed by atoms with van der Waals surface area (Å²) in [4.78, 5) is 11.1. The summed E-state index contributed by atoms with van der Waals surface area (Å²) in [5.74, 6) is -0.193. The van der Waals surface area contributed by atoms with Crippen molar-refractivity contribution in [1.29, 1.82) is 0 Å². The standard InChI is InChI=1S/C9H9BrClNO2/c1-14-5-9(13)12-6-2-3-8(11)7(10)4-6/h2-4H,5H2,1H3,(H,12,13). The van der Waals surface area contributed by atoms with Crippen LogP contribution < -0.4 is 5.32 Å². The van der Waals surface area contributed by atoms with Crippen molar-refractivity contribution in [3.05, 3.63) is 27.7 Å². The van der Waals surface area contributed by atoms with Crippen LogP contribution >= 0.6 is 27.5 Å². The minimum atomic E-state index is -0.193. The van der Waals surface area contributed by atoms with E-state index in [1.807, 2.05) is 0 Å². The lowest BCUT2D eigenvalue weighted by molar-refractivity contribution is -0.119. The number of nitrogens with one attached hydrogen (secondary N) is 1. The second-order valence-electron chi connectivity index (χ2n) is 2.61. The summed E-state index contributed by atoms with van der Waals surface area (Å²) in [7, 11) is 1.47. The molecular weight excluding hydrogens is 269 g/mol. The number of carbonyl (C=O) groups excluding carboxylic acids is 1. The fourth-order valence-corrected chi connectivity index (χ4v) is 1.40. The molecule has 3 nitrogen and oxygen atoms in total. The first-order valence-electron chi connectivity index (χ1n) is 3.87. The van der Waals surface area contributed by atoms with Gasteiger partial charge >= 0.3 is 0 Å². The number of ether oxygens (including phenoxy) is 1. The molecule has 5 heteroatoms. The van der Waals surface area contributed by atoms with E-state index in [0.29, 0.717) is 10.7 Å². The summed E-state index contributed by atoms with van der Waals surface area (Å²) in [6.07, 6.45) is 0. The van der Waals surface area contributed by atoms with Gasteiger partial charge in [-0.25, -0.2) is 0 Å². The molecule has 1 N–H and O–H groups in total. The predicted molar refractivity (Wildman–Crippen MR) is 59.7 cm³/mol. The average Bonchev–Trinajstić information content (AvgIpc) is 2.12. The highest BCUT2D eigenvalue weighted by molar-refractivity contribution is 9.10. The van der Waals surface area contributed by atoms with Gasteiger partial charge < -0.3 is 10.1 Å². The Balaban J connectivity index is 2.68. The van der Waals surface area contributed by atoms with Gasteiger partial charge in [0, 0.05) is 17.3 Å². The van der Waals surface area contributed by atoms with Crippen LogP contribution in [0.3, 0.4) is 0 Å².